The van der Waals surface area contributed by atoms with Crippen molar-refractivity contribution in [1.29, 1.82) is 0 Å². The lowest BCUT2D eigenvalue weighted by atomic mass is 10.1. The number of aliphatic carboxylic acids is 1. The number of methoxy groups -OCH3 is 1. The normalized spacial score (nSPS) is 12.3. The first-order valence-electron chi connectivity index (χ1n) is 6.11. The molecule has 106 valence electrons. The van der Waals surface area contributed by atoms with Gasteiger partial charge < -0.3 is 20.1 Å². The number of rotatable bonds is 8. The van der Waals surface area contributed by atoms with Gasteiger partial charge in [-0.2, -0.15) is 0 Å². The Morgan fingerprint density at radius 3 is 2.39 bits per heavy atom. The van der Waals surface area contributed by atoms with Crippen LogP contribution in [-0.4, -0.2) is 55.4 Å². The molecule has 0 heterocycles. The van der Waals surface area contributed by atoms with E-state index >= 15 is 0 Å². The van der Waals surface area contributed by atoms with Crippen LogP contribution in [0.4, 0.5) is 4.79 Å². The first-order chi connectivity index (χ1) is 8.38. The molecule has 0 radical (unpaired) electrons. The van der Waals surface area contributed by atoms with Crippen LogP contribution in [0.3, 0.4) is 0 Å². The minimum atomic E-state index is -1.04. The summed E-state index contributed by atoms with van der Waals surface area (Å²) in [5.74, 6) is -0.540. The highest BCUT2D eigenvalue weighted by molar-refractivity contribution is 5.82. The molecule has 0 aromatic heterocycles. The van der Waals surface area contributed by atoms with Gasteiger partial charge in [-0.3, -0.25) is 0 Å². The van der Waals surface area contributed by atoms with Gasteiger partial charge in [0.05, 0.1) is 0 Å². The number of carboxylic acid groups (broad SMARTS) is 1. The summed E-state index contributed by atoms with van der Waals surface area (Å²) in [5.41, 5.74) is 0. The lowest BCUT2D eigenvalue weighted by Gasteiger charge is -2.22. The number of ether oxygens (including phenoxy) is 1. The highest BCUT2D eigenvalue weighted by Gasteiger charge is 2.21. The molecule has 6 nitrogen and oxygen atoms in total. The lowest BCUT2D eigenvalue weighted by Crippen LogP contribution is -2.47. The second kappa shape index (κ2) is 8.74. The van der Waals surface area contributed by atoms with Gasteiger partial charge in [0.25, 0.3) is 0 Å². The largest absolute Gasteiger partial charge is 0.480 e. The average molecular weight is 260 g/mol. The molecule has 0 aliphatic rings. The fourth-order valence-corrected chi connectivity index (χ4v) is 1.31. The molecule has 0 bridgehead atoms. The average Bonchev–Trinajstić information content (AvgIpc) is 2.30. The second-order valence-corrected chi connectivity index (χ2v) is 4.73. The van der Waals surface area contributed by atoms with Crippen molar-refractivity contribution in [3.8, 4) is 0 Å². The van der Waals surface area contributed by atoms with Crippen LogP contribution < -0.4 is 5.32 Å². The molecule has 18 heavy (non-hydrogen) atoms. The molecule has 1 atom stereocenters. The molecule has 0 aliphatic carbocycles. The van der Waals surface area contributed by atoms with Crippen molar-refractivity contribution in [2.75, 3.05) is 27.3 Å². The summed E-state index contributed by atoms with van der Waals surface area (Å²) in [7, 11) is 3.16. The SMILES string of the molecule is COCCC(NC(=O)N(C)CCC(C)C)C(=O)O. The van der Waals surface area contributed by atoms with E-state index in [1.54, 1.807) is 7.05 Å². The van der Waals surface area contributed by atoms with Crippen LogP contribution in [-0.2, 0) is 9.53 Å². The summed E-state index contributed by atoms with van der Waals surface area (Å²) >= 11 is 0. The Labute approximate surface area is 108 Å². The summed E-state index contributed by atoms with van der Waals surface area (Å²) in [4.78, 5) is 24.2. The maximum absolute atomic E-state index is 11.7. The Bertz CT molecular complexity index is 269. The number of hydrogen-bond donors (Lipinski definition) is 2. The molecule has 0 aromatic carbocycles. The van der Waals surface area contributed by atoms with Crippen LogP contribution in [0.2, 0.25) is 0 Å². The number of hydrogen-bond acceptors (Lipinski definition) is 3. The molecule has 0 aliphatic heterocycles. The van der Waals surface area contributed by atoms with Gasteiger partial charge in [-0.15, -0.1) is 0 Å². The maximum Gasteiger partial charge on any atom is 0.326 e. The molecule has 2 N–H and O–H groups in total. The third-order valence-corrected chi connectivity index (χ3v) is 2.60. The van der Waals surface area contributed by atoms with Crippen LogP contribution in [0, 0.1) is 5.92 Å². The van der Waals surface area contributed by atoms with Gasteiger partial charge in [0.15, 0.2) is 0 Å². The number of carbonyl (C=O) groups excluding carboxylic acids is 1. The van der Waals surface area contributed by atoms with Gasteiger partial charge in [0.1, 0.15) is 6.04 Å². The predicted octanol–water partition coefficient (Wildman–Crippen LogP) is 1.16. The van der Waals surface area contributed by atoms with Crippen LogP contribution >= 0.6 is 0 Å². The van der Waals surface area contributed by atoms with Gasteiger partial charge in [-0.05, 0) is 12.3 Å². The molecule has 0 saturated heterocycles. The van der Waals surface area contributed by atoms with Crippen LogP contribution in [0.25, 0.3) is 0 Å². The van der Waals surface area contributed by atoms with E-state index in [0.717, 1.165) is 6.42 Å². The maximum atomic E-state index is 11.7. The Balaban J connectivity index is 4.18. The van der Waals surface area contributed by atoms with E-state index in [1.807, 2.05) is 0 Å². The van der Waals surface area contributed by atoms with Gasteiger partial charge in [0, 0.05) is 33.7 Å². The lowest BCUT2D eigenvalue weighted by molar-refractivity contribution is -0.139. The standard InChI is InChI=1S/C12H24N2O4/c1-9(2)5-7-14(3)12(17)13-10(11(15)16)6-8-18-4/h9-10H,5-8H2,1-4H3,(H,13,17)(H,15,16). The van der Waals surface area contributed by atoms with E-state index in [0.29, 0.717) is 19.1 Å². The summed E-state index contributed by atoms with van der Waals surface area (Å²) in [6, 6.07) is -1.27. The summed E-state index contributed by atoms with van der Waals surface area (Å²) in [6.45, 7) is 5.06. The molecule has 0 saturated carbocycles. The summed E-state index contributed by atoms with van der Waals surface area (Å²) < 4.78 is 4.82. The highest BCUT2D eigenvalue weighted by atomic mass is 16.5. The number of nitrogens with zero attached hydrogens (tertiary/aromatic N) is 1. The number of urea groups is 1. The van der Waals surface area contributed by atoms with Crippen molar-refractivity contribution in [3.63, 3.8) is 0 Å². The number of amides is 2. The topological polar surface area (TPSA) is 78.9 Å². The Kier molecular flexibility index (Phi) is 8.11. The monoisotopic (exact) mass is 260 g/mol. The first-order valence-corrected chi connectivity index (χ1v) is 6.11. The third-order valence-electron chi connectivity index (χ3n) is 2.60. The fourth-order valence-electron chi connectivity index (χ4n) is 1.31. The fraction of sp³-hybridized carbons (Fsp3) is 0.833. The van der Waals surface area contributed by atoms with E-state index in [-0.39, 0.29) is 12.5 Å². The zero-order valence-corrected chi connectivity index (χ0v) is 11.6. The van der Waals surface area contributed by atoms with Crippen molar-refractivity contribution in [2.24, 2.45) is 5.92 Å². The van der Waals surface area contributed by atoms with Crippen molar-refractivity contribution >= 4 is 12.0 Å². The summed E-state index contributed by atoms with van der Waals surface area (Å²) in [6.07, 6.45) is 1.15. The first kappa shape index (κ1) is 16.7. The van der Waals surface area contributed by atoms with Crippen molar-refractivity contribution in [3.05, 3.63) is 0 Å². The molecule has 0 fully saturated rings. The molecular formula is C12H24N2O4. The quantitative estimate of drug-likeness (QED) is 0.686. The number of carboxylic acids is 1. The van der Waals surface area contributed by atoms with Crippen LogP contribution in [0.5, 0.6) is 0 Å². The van der Waals surface area contributed by atoms with Gasteiger partial charge >= 0.3 is 12.0 Å². The van der Waals surface area contributed by atoms with Crippen molar-refractivity contribution in [2.45, 2.75) is 32.7 Å². The molecule has 1 unspecified atom stereocenters. The Morgan fingerprint density at radius 2 is 1.94 bits per heavy atom. The van der Waals surface area contributed by atoms with E-state index in [9.17, 15) is 9.59 Å². The highest BCUT2D eigenvalue weighted by Crippen LogP contribution is 2.01. The van der Waals surface area contributed by atoms with Crippen molar-refractivity contribution < 1.29 is 19.4 Å². The Morgan fingerprint density at radius 1 is 1.33 bits per heavy atom. The predicted molar refractivity (Wildman–Crippen MR) is 68.5 cm³/mol. The van der Waals surface area contributed by atoms with Crippen molar-refractivity contribution in [1.82, 2.24) is 10.2 Å². The van der Waals surface area contributed by atoms with E-state index in [4.69, 9.17) is 9.84 Å². The molecule has 0 spiro atoms. The Hall–Kier alpha value is -1.30. The number of nitrogens with one attached hydrogen (secondary N) is 1. The molecule has 0 aromatic rings. The van der Waals surface area contributed by atoms with E-state index in [1.165, 1.54) is 12.0 Å². The van der Waals surface area contributed by atoms with Gasteiger partial charge in [-0.25, -0.2) is 9.59 Å². The smallest absolute Gasteiger partial charge is 0.326 e. The number of carbonyl (C=O) groups is 2. The molecule has 2 amide bonds. The zero-order chi connectivity index (χ0) is 14.1. The van der Waals surface area contributed by atoms with E-state index < -0.39 is 12.0 Å². The van der Waals surface area contributed by atoms with E-state index in [2.05, 4.69) is 19.2 Å². The molecule has 6 heteroatoms. The van der Waals surface area contributed by atoms with Gasteiger partial charge in [0.2, 0.25) is 0 Å². The third kappa shape index (κ3) is 7.11. The summed E-state index contributed by atoms with van der Waals surface area (Å²) in [5, 5.41) is 11.4. The van der Waals surface area contributed by atoms with Crippen LogP contribution in [0.15, 0.2) is 0 Å². The zero-order valence-electron chi connectivity index (χ0n) is 11.6. The van der Waals surface area contributed by atoms with Gasteiger partial charge in [-0.1, -0.05) is 13.8 Å². The molecular weight excluding hydrogens is 236 g/mol. The minimum Gasteiger partial charge on any atom is -0.480 e. The second-order valence-electron chi connectivity index (χ2n) is 4.73. The molecule has 0 rings (SSSR count). The van der Waals surface area contributed by atoms with Crippen LogP contribution in [0.1, 0.15) is 26.7 Å². The minimum absolute atomic E-state index is 0.260.